The van der Waals surface area contributed by atoms with Gasteiger partial charge < -0.3 is 24.6 Å². The molecule has 4 aromatic rings. The van der Waals surface area contributed by atoms with E-state index in [2.05, 4.69) is 15.3 Å². The Morgan fingerprint density at radius 1 is 0.875 bits per heavy atom. The Balaban J connectivity index is 1.92. The molecule has 0 saturated carbocycles. The monoisotopic (exact) mass is 431 g/mol. The maximum absolute atomic E-state index is 11.2. The standard InChI is InChI=1S/C25H25N3O4/c1-15-9-11-26-21(12-15)28-22(17-13-19(30-2)25(32-4)20(14-17)31-3)18-8-7-16-6-5-10-27-23(16)24(18)29/h5-14,22,29H,1-4H3,(H,26,28)/t22-/m0/s1. The first-order chi connectivity index (χ1) is 15.5. The zero-order chi connectivity index (χ0) is 22.7. The molecular formula is C25H25N3O4. The van der Waals surface area contributed by atoms with Crippen LogP contribution >= 0.6 is 0 Å². The molecule has 0 bridgehead atoms. The number of hydrogen-bond acceptors (Lipinski definition) is 7. The van der Waals surface area contributed by atoms with Crippen molar-refractivity contribution in [2.45, 2.75) is 13.0 Å². The van der Waals surface area contributed by atoms with Crippen LogP contribution in [0, 0.1) is 6.92 Å². The van der Waals surface area contributed by atoms with Crippen LogP contribution in [-0.4, -0.2) is 36.4 Å². The summed E-state index contributed by atoms with van der Waals surface area (Å²) >= 11 is 0. The molecule has 0 aliphatic heterocycles. The van der Waals surface area contributed by atoms with E-state index in [1.807, 2.05) is 55.5 Å². The van der Waals surface area contributed by atoms with Gasteiger partial charge >= 0.3 is 0 Å². The Morgan fingerprint density at radius 3 is 2.28 bits per heavy atom. The Hall–Kier alpha value is -4.00. The third kappa shape index (κ3) is 3.97. The third-order valence-electron chi connectivity index (χ3n) is 5.32. The number of aromatic nitrogens is 2. The van der Waals surface area contributed by atoms with Gasteiger partial charge in [-0.05, 0) is 48.4 Å². The van der Waals surface area contributed by atoms with E-state index >= 15 is 0 Å². The van der Waals surface area contributed by atoms with Gasteiger partial charge in [0.2, 0.25) is 5.75 Å². The van der Waals surface area contributed by atoms with Crippen LogP contribution in [0.2, 0.25) is 0 Å². The largest absolute Gasteiger partial charge is 0.505 e. The second kappa shape index (κ2) is 9.01. The normalized spacial score (nSPS) is 11.8. The highest BCUT2D eigenvalue weighted by Crippen LogP contribution is 2.43. The molecule has 0 aliphatic carbocycles. The Morgan fingerprint density at radius 2 is 1.62 bits per heavy atom. The van der Waals surface area contributed by atoms with Gasteiger partial charge in [0.05, 0.1) is 27.4 Å². The van der Waals surface area contributed by atoms with Crippen molar-refractivity contribution in [2.75, 3.05) is 26.6 Å². The predicted molar refractivity (Wildman–Crippen MR) is 124 cm³/mol. The molecule has 0 aliphatic rings. The summed E-state index contributed by atoms with van der Waals surface area (Å²) in [6.45, 7) is 2.00. The fraction of sp³-hybridized carbons (Fsp3) is 0.200. The second-order valence-electron chi connectivity index (χ2n) is 7.33. The van der Waals surface area contributed by atoms with Crippen LogP contribution in [0.4, 0.5) is 5.82 Å². The molecule has 0 fully saturated rings. The van der Waals surface area contributed by atoms with Crippen LogP contribution in [0.1, 0.15) is 22.7 Å². The number of phenols is 1. The molecule has 7 heteroatoms. The molecule has 0 radical (unpaired) electrons. The smallest absolute Gasteiger partial charge is 0.203 e. The fourth-order valence-electron chi connectivity index (χ4n) is 3.75. The van der Waals surface area contributed by atoms with Crippen molar-refractivity contribution in [1.29, 1.82) is 0 Å². The number of fused-ring (bicyclic) bond motifs is 1. The highest BCUT2D eigenvalue weighted by Gasteiger charge is 2.24. The Bertz CT molecular complexity index is 1230. The summed E-state index contributed by atoms with van der Waals surface area (Å²) in [6.07, 6.45) is 3.40. The lowest BCUT2D eigenvalue weighted by atomic mass is 9.95. The molecule has 2 aromatic heterocycles. The highest BCUT2D eigenvalue weighted by atomic mass is 16.5. The lowest BCUT2D eigenvalue weighted by molar-refractivity contribution is 0.323. The summed E-state index contributed by atoms with van der Waals surface area (Å²) in [4.78, 5) is 8.82. The first-order valence-corrected chi connectivity index (χ1v) is 10.1. The maximum atomic E-state index is 11.2. The van der Waals surface area contributed by atoms with Gasteiger partial charge in [-0.15, -0.1) is 0 Å². The molecule has 0 amide bonds. The van der Waals surface area contributed by atoms with Crippen LogP contribution in [0.5, 0.6) is 23.0 Å². The number of ether oxygens (including phenoxy) is 3. The molecule has 2 heterocycles. The number of anilines is 1. The van der Waals surface area contributed by atoms with Gasteiger partial charge in [0.15, 0.2) is 11.5 Å². The van der Waals surface area contributed by atoms with Crippen LogP contribution in [0.25, 0.3) is 10.9 Å². The van der Waals surface area contributed by atoms with Gasteiger partial charge in [0, 0.05) is 23.3 Å². The van der Waals surface area contributed by atoms with E-state index in [-0.39, 0.29) is 5.75 Å². The number of benzene rings is 2. The average Bonchev–Trinajstić information content (AvgIpc) is 2.82. The molecule has 1 atom stereocenters. The SMILES string of the molecule is COc1cc([C@H](Nc2cc(C)ccn2)c2ccc3cccnc3c2O)cc(OC)c1OC. The number of hydrogen-bond donors (Lipinski definition) is 2. The molecule has 0 spiro atoms. The minimum absolute atomic E-state index is 0.0991. The number of nitrogens with zero attached hydrogens (tertiary/aromatic N) is 2. The number of aromatic hydroxyl groups is 1. The van der Waals surface area contributed by atoms with Gasteiger partial charge in [-0.1, -0.05) is 18.2 Å². The van der Waals surface area contributed by atoms with Crippen LogP contribution in [0.15, 0.2) is 60.9 Å². The maximum Gasteiger partial charge on any atom is 0.203 e. The topological polar surface area (TPSA) is 85.7 Å². The van der Waals surface area contributed by atoms with Gasteiger partial charge in [0.25, 0.3) is 0 Å². The van der Waals surface area contributed by atoms with E-state index in [1.54, 1.807) is 33.7 Å². The number of aryl methyl sites for hydroxylation is 1. The van der Waals surface area contributed by atoms with Crippen molar-refractivity contribution >= 4 is 16.7 Å². The van der Waals surface area contributed by atoms with Gasteiger partial charge in [-0.3, -0.25) is 4.98 Å². The Labute approximate surface area is 186 Å². The van der Waals surface area contributed by atoms with Crippen molar-refractivity contribution in [3.63, 3.8) is 0 Å². The van der Waals surface area contributed by atoms with Crippen molar-refractivity contribution in [3.05, 3.63) is 77.6 Å². The molecule has 164 valence electrons. The van der Waals surface area contributed by atoms with E-state index < -0.39 is 6.04 Å². The first-order valence-electron chi connectivity index (χ1n) is 10.1. The van der Waals surface area contributed by atoms with Crippen molar-refractivity contribution in [3.8, 4) is 23.0 Å². The number of pyridine rings is 2. The summed E-state index contributed by atoms with van der Waals surface area (Å²) in [6, 6.07) is 14.7. The molecule has 4 rings (SSSR count). The van der Waals surface area contributed by atoms with Crippen molar-refractivity contribution in [2.24, 2.45) is 0 Å². The first kappa shape index (κ1) is 21.2. The van der Waals surface area contributed by atoms with E-state index in [4.69, 9.17) is 14.2 Å². The molecule has 0 saturated heterocycles. The summed E-state index contributed by atoms with van der Waals surface area (Å²) in [5.41, 5.74) is 3.04. The lowest BCUT2D eigenvalue weighted by Crippen LogP contribution is -2.14. The van der Waals surface area contributed by atoms with Gasteiger partial charge in [-0.25, -0.2) is 4.98 Å². The molecule has 2 N–H and O–H groups in total. The minimum atomic E-state index is -0.468. The van der Waals surface area contributed by atoms with Gasteiger partial charge in [-0.2, -0.15) is 0 Å². The van der Waals surface area contributed by atoms with Crippen molar-refractivity contribution < 1.29 is 19.3 Å². The summed E-state index contributed by atoms with van der Waals surface area (Å²) < 4.78 is 16.6. The molecular weight excluding hydrogens is 406 g/mol. The van der Waals surface area contributed by atoms with Gasteiger partial charge in [0.1, 0.15) is 17.1 Å². The summed E-state index contributed by atoms with van der Waals surface area (Å²) in [5.74, 6) is 2.30. The van der Waals surface area contributed by atoms with Crippen LogP contribution in [0.3, 0.4) is 0 Å². The molecule has 32 heavy (non-hydrogen) atoms. The quantitative estimate of drug-likeness (QED) is 0.432. The lowest BCUT2D eigenvalue weighted by Gasteiger charge is -2.24. The minimum Gasteiger partial charge on any atom is -0.505 e. The van der Waals surface area contributed by atoms with E-state index in [0.29, 0.717) is 34.1 Å². The van der Waals surface area contributed by atoms with E-state index in [1.165, 1.54) is 0 Å². The number of phenolic OH excluding ortho intramolecular Hbond substituents is 1. The van der Waals surface area contributed by atoms with Crippen molar-refractivity contribution in [1.82, 2.24) is 9.97 Å². The second-order valence-corrected chi connectivity index (χ2v) is 7.33. The number of methoxy groups -OCH3 is 3. The highest BCUT2D eigenvalue weighted by molar-refractivity contribution is 5.86. The Kier molecular flexibility index (Phi) is 5.98. The van der Waals surface area contributed by atoms with E-state index in [0.717, 1.165) is 16.5 Å². The van der Waals surface area contributed by atoms with Crippen LogP contribution < -0.4 is 19.5 Å². The number of rotatable bonds is 7. The average molecular weight is 431 g/mol. The summed E-state index contributed by atoms with van der Waals surface area (Å²) in [7, 11) is 4.71. The zero-order valence-electron chi connectivity index (χ0n) is 18.4. The molecule has 7 nitrogen and oxygen atoms in total. The zero-order valence-corrected chi connectivity index (χ0v) is 18.4. The number of nitrogens with one attached hydrogen (secondary N) is 1. The summed E-state index contributed by atoms with van der Waals surface area (Å²) in [5, 5.41) is 15.5. The van der Waals surface area contributed by atoms with Crippen LogP contribution in [-0.2, 0) is 0 Å². The molecule has 0 unspecified atom stereocenters. The fourth-order valence-corrected chi connectivity index (χ4v) is 3.75. The predicted octanol–water partition coefficient (Wildman–Crippen LogP) is 4.87. The third-order valence-corrected chi connectivity index (χ3v) is 5.32. The molecule has 2 aromatic carbocycles. The van der Waals surface area contributed by atoms with E-state index in [9.17, 15) is 5.11 Å².